The quantitative estimate of drug-likeness (QED) is 0.329. The van der Waals surface area contributed by atoms with Crippen molar-refractivity contribution >= 4 is 18.0 Å². The smallest absolute Gasteiger partial charge is 0.355 e. The molecule has 0 saturated carbocycles. The molecule has 1 amide bonds. The zero-order valence-corrected chi connectivity index (χ0v) is 16.7. The van der Waals surface area contributed by atoms with Crippen LogP contribution in [0.4, 0.5) is 0 Å². The summed E-state index contributed by atoms with van der Waals surface area (Å²) in [4.78, 5) is 23.7. The molecular formula is C25H23NO4. The van der Waals surface area contributed by atoms with Crippen molar-refractivity contribution in [2.24, 2.45) is 0 Å². The maximum absolute atomic E-state index is 12.5. The highest BCUT2D eigenvalue weighted by Crippen LogP contribution is 2.28. The zero-order valence-electron chi connectivity index (χ0n) is 16.7. The van der Waals surface area contributed by atoms with Gasteiger partial charge in [-0.3, -0.25) is 4.79 Å². The van der Waals surface area contributed by atoms with Gasteiger partial charge in [0.25, 0.3) is 0 Å². The summed E-state index contributed by atoms with van der Waals surface area (Å²) in [5.41, 5.74) is 3.29. The predicted octanol–water partition coefficient (Wildman–Crippen LogP) is 4.33. The Hall–Kier alpha value is -3.86. The maximum Gasteiger partial charge on any atom is 0.355 e. The molecule has 3 aromatic rings. The van der Waals surface area contributed by atoms with Crippen LogP contribution in [0, 0.1) is 0 Å². The molecule has 0 heterocycles. The SMILES string of the molecule is CCOC(=O)C(NC=O)=C(c1ccccc1)c1ccc(OCc2ccccc2)cc1. The van der Waals surface area contributed by atoms with E-state index < -0.39 is 5.97 Å². The highest BCUT2D eigenvalue weighted by atomic mass is 16.5. The summed E-state index contributed by atoms with van der Waals surface area (Å²) in [6.45, 7) is 2.39. The van der Waals surface area contributed by atoms with Crippen LogP contribution in [0.2, 0.25) is 0 Å². The first-order valence-electron chi connectivity index (χ1n) is 9.67. The number of hydrogen-bond acceptors (Lipinski definition) is 4. The van der Waals surface area contributed by atoms with E-state index in [1.165, 1.54) is 0 Å². The molecule has 3 rings (SSSR count). The van der Waals surface area contributed by atoms with Crippen LogP contribution < -0.4 is 10.1 Å². The molecule has 0 atom stereocenters. The summed E-state index contributed by atoms with van der Waals surface area (Å²) in [6, 6.07) is 26.7. The third-order valence-corrected chi connectivity index (χ3v) is 4.39. The van der Waals surface area contributed by atoms with Crippen molar-refractivity contribution in [2.75, 3.05) is 6.61 Å². The number of carbonyl (C=O) groups is 2. The first kappa shape index (κ1) is 20.9. The molecule has 5 nitrogen and oxygen atoms in total. The fraction of sp³-hybridized carbons (Fsp3) is 0.120. The Morgan fingerprint density at radius 2 is 1.47 bits per heavy atom. The van der Waals surface area contributed by atoms with Crippen LogP contribution in [0.3, 0.4) is 0 Å². The van der Waals surface area contributed by atoms with Crippen LogP contribution >= 0.6 is 0 Å². The molecule has 0 aliphatic heterocycles. The normalized spacial score (nSPS) is 11.2. The number of esters is 1. The van der Waals surface area contributed by atoms with E-state index in [-0.39, 0.29) is 12.3 Å². The molecular weight excluding hydrogens is 378 g/mol. The zero-order chi connectivity index (χ0) is 21.2. The topological polar surface area (TPSA) is 64.6 Å². The lowest BCUT2D eigenvalue weighted by atomic mass is 9.95. The van der Waals surface area contributed by atoms with E-state index in [1.54, 1.807) is 6.92 Å². The van der Waals surface area contributed by atoms with Gasteiger partial charge < -0.3 is 14.8 Å². The number of carbonyl (C=O) groups excluding carboxylic acids is 2. The van der Waals surface area contributed by atoms with E-state index >= 15 is 0 Å². The highest BCUT2D eigenvalue weighted by molar-refractivity contribution is 6.02. The molecule has 0 fully saturated rings. The molecule has 30 heavy (non-hydrogen) atoms. The monoisotopic (exact) mass is 401 g/mol. The van der Waals surface area contributed by atoms with Crippen LogP contribution in [0.5, 0.6) is 5.75 Å². The van der Waals surface area contributed by atoms with Gasteiger partial charge in [-0.2, -0.15) is 0 Å². The van der Waals surface area contributed by atoms with Crippen LogP contribution in [0.15, 0.2) is 90.6 Å². The molecule has 0 bridgehead atoms. The second-order valence-corrected chi connectivity index (χ2v) is 6.40. The molecule has 0 aromatic heterocycles. The summed E-state index contributed by atoms with van der Waals surface area (Å²) in [5.74, 6) is 0.115. The Morgan fingerprint density at radius 1 is 0.867 bits per heavy atom. The van der Waals surface area contributed by atoms with E-state index in [1.807, 2.05) is 84.9 Å². The lowest BCUT2D eigenvalue weighted by molar-refractivity contribution is -0.139. The minimum Gasteiger partial charge on any atom is -0.489 e. The molecule has 0 radical (unpaired) electrons. The molecule has 0 aliphatic rings. The Labute approximate surface area is 176 Å². The number of amides is 1. The van der Waals surface area contributed by atoms with Crippen molar-refractivity contribution in [3.8, 4) is 5.75 Å². The summed E-state index contributed by atoms with van der Waals surface area (Å²) in [5, 5.41) is 2.52. The molecule has 0 aliphatic carbocycles. The van der Waals surface area contributed by atoms with Gasteiger partial charge in [-0.25, -0.2) is 4.79 Å². The largest absolute Gasteiger partial charge is 0.489 e. The van der Waals surface area contributed by atoms with E-state index in [0.717, 1.165) is 16.7 Å². The van der Waals surface area contributed by atoms with Gasteiger partial charge in [0.2, 0.25) is 6.41 Å². The van der Waals surface area contributed by atoms with Gasteiger partial charge in [0.1, 0.15) is 18.1 Å². The van der Waals surface area contributed by atoms with E-state index in [0.29, 0.717) is 24.3 Å². The van der Waals surface area contributed by atoms with Crippen molar-refractivity contribution in [1.82, 2.24) is 5.32 Å². The molecule has 3 aromatic carbocycles. The van der Waals surface area contributed by atoms with Gasteiger partial charge in [0, 0.05) is 5.57 Å². The van der Waals surface area contributed by atoms with Crippen molar-refractivity contribution < 1.29 is 19.1 Å². The van der Waals surface area contributed by atoms with Crippen molar-refractivity contribution in [3.05, 3.63) is 107 Å². The Morgan fingerprint density at radius 3 is 2.07 bits per heavy atom. The minimum absolute atomic E-state index is 0.0935. The van der Waals surface area contributed by atoms with Gasteiger partial charge >= 0.3 is 5.97 Å². The fourth-order valence-electron chi connectivity index (χ4n) is 3.01. The first-order chi connectivity index (χ1) is 14.7. The second-order valence-electron chi connectivity index (χ2n) is 6.40. The Bertz CT molecular complexity index is 996. The van der Waals surface area contributed by atoms with Crippen LogP contribution in [0.1, 0.15) is 23.6 Å². The summed E-state index contributed by atoms with van der Waals surface area (Å²) in [6.07, 6.45) is 0.479. The third-order valence-electron chi connectivity index (χ3n) is 4.39. The van der Waals surface area contributed by atoms with Gasteiger partial charge in [-0.15, -0.1) is 0 Å². The molecule has 5 heteroatoms. The van der Waals surface area contributed by atoms with E-state index in [4.69, 9.17) is 9.47 Å². The fourth-order valence-corrected chi connectivity index (χ4v) is 3.01. The molecule has 0 spiro atoms. The number of benzene rings is 3. The van der Waals surface area contributed by atoms with Crippen molar-refractivity contribution in [2.45, 2.75) is 13.5 Å². The second kappa shape index (κ2) is 10.6. The van der Waals surface area contributed by atoms with Gasteiger partial charge in [0.15, 0.2) is 0 Å². The number of rotatable bonds is 9. The Balaban J connectivity index is 1.94. The molecule has 0 saturated heterocycles. The van der Waals surface area contributed by atoms with Crippen LogP contribution in [-0.4, -0.2) is 19.0 Å². The molecule has 152 valence electrons. The Kier molecular flexibility index (Phi) is 7.39. The maximum atomic E-state index is 12.5. The molecule has 0 unspecified atom stereocenters. The number of ether oxygens (including phenoxy) is 2. The van der Waals surface area contributed by atoms with Crippen molar-refractivity contribution in [3.63, 3.8) is 0 Å². The average Bonchev–Trinajstić information content (AvgIpc) is 2.80. The highest BCUT2D eigenvalue weighted by Gasteiger charge is 2.19. The van der Waals surface area contributed by atoms with Gasteiger partial charge in [0.05, 0.1) is 6.61 Å². The predicted molar refractivity (Wildman–Crippen MR) is 116 cm³/mol. The number of hydrogen-bond donors (Lipinski definition) is 1. The van der Waals surface area contributed by atoms with Gasteiger partial charge in [-0.1, -0.05) is 72.8 Å². The van der Waals surface area contributed by atoms with Crippen LogP contribution in [0.25, 0.3) is 5.57 Å². The van der Waals surface area contributed by atoms with Crippen LogP contribution in [-0.2, 0) is 20.9 Å². The lowest BCUT2D eigenvalue weighted by Crippen LogP contribution is -2.23. The first-order valence-corrected chi connectivity index (χ1v) is 9.67. The summed E-state index contributed by atoms with van der Waals surface area (Å²) < 4.78 is 11.0. The van der Waals surface area contributed by atoms with Crippen molar-refractivity contribution in [1.29, 1.82) is 0 Å². The summed E-state index contributed by atoms with van der Waals surface area (Å²) >= 11 is 0. The van der Waals surface area contributed by atoms with E-state index in [9.17, 15) is 9.59 Å². The standard InChI is InChI=1S/C25H23NO4/c1-2-29-25(28)24(26-18-27)23(20-11-7-4-8-12-20)21-13-15-22(16-14-21)30-17-19-9-5-3-6-10-19/h3-16,18H,2,17H2,1H3,(H,26,27). The average molecular weight is 401 g/mol. The van der Waals surface area contributed by atoms with E-state index in [2.05, 4.69) is 5.32 Å². The third kappa shape index (κ3) is 5.35. The summed E-state index contributed by atoms with van der Waals surface area (Å²) in [7, 11) is 0. The minimum atomic E-state index is -0.590. The molecule has 1 N–H and O–H groups in total. The lowest BCUT2D eigenvalue weighted by Gasteiger charge is -2.15. The van der Waals surface area contributed by atoms with Gasteiger partial charge in [-0.05, 0) is 35.7 Å². The number of nitrogens with one attached hydrogen (secondary N) is 1.